The maximum atomic E-state index is 12.7. The maximum Gasteiger partial charge on any atom is 0.325 e. The summed E-state index contributed by atoms with van der Waals surface area (Å²) >= 11 is 0. The third-order valence-corrected chi connectivity index (χ3v) is 3.88. The molecule has 1 atom stereocenters. The highest BCUT2D eigenvalue weighted by Crippen LogP contribution is 2.29. The van der Waals surface area contributed by atoms with Crippen LogP contribution in [-0.2, 0) is 24.7 Å². The van der Waals surface area contributed by atoms with Gasteiger partial charge in [-0.05, 0) is 11.1 Å². The van der Waals surface area contributed by atoms with Gasteiger partial charge in [-0.2, -0.15) is 0 Å². The summed E-state index contributed by atoms with van der Waals surface area (Å²) in [6.45, 7) is -0.522. The number of aliphatic hydroxyl groups is 1. The highest BCUT2D eigenvalue weighted by Gasteiger charge is 2.39. The first-order chi connectivity index (χ1) is 12.9. The van der Waals surface area contributed by atoms with E-state index in [0.717, 1.165) is 0 Å². The van der Waals surface area contributed by atoms with Crippen LogP contribution in [0, 0.1) is 0 Å². The van der Waals surface area contributed by atoms with E-state index in [0.29, 0.717) is 11.1 Å². The Morgan fingerprint density at radius 1 is 1.00 bits per heavy atom. The molecule has 0 radical (unpaired) electrons. The fraction of sp³-hybridized carbons (Fsp3) is 0.211. The Labute approximate surface area is 156 Å². The molecular formula is C19H21N3O5. The van der Waals surface area contributed by atoms with E-state index < -0.39 is 36.2 Å². The highest BCUT2D eigenvalue weighted by molar-refractivity contribution is 5.90. The molecule has 8 nitrogen and oxygen atoms in total. The van der Waals surface area contributed by atoms with E-state index in [1.54, 1.807) is 60.7 Å². The zero-order chi connectivity index (χ0) is 19.9. The lowest BCUT2D eigenvalue weighted by atomic mass is 9.85. The smallest absolute Gasteiger partial charge is 0.325 e. The summed E-state index contributed by atoms with van der Waals surface area (Å²) < 4.78 is 4.83. The Morgan fingerprint density at radius 3 is 1.93 bits per heavy atom. The van der Waals surface area contributed by atoms with Gasteiger partial charge in [0.2, 0.25) is 5.91 Å². The Hall–Kier alpha value is -3.23. The molecule has 8 heteroatoms. The minimum absolute atomic E-state index is 0.352. The van der Waals surface area contributed by atoms with Crippen LogP contribution >= 0.6 is 0 Å². The van der Waals surface area contributed by atoms with E-state index >= 15 is 0 Å². The van der Waals surface area contributed by atoms with Crippen LogP contribution in [0.2, 0.25) is 0 Å². The maximum absolute atomic E-state index is 12.7. The molecule has 0 saturated heterocycles. The molecule has 2 amide bonds. The number of hydrogen-bond acceptors (Lipinski definition) is 6. The van der Waals surface area contributed by atoms with Gasteiger partial charge in [-0.15, -0.1) is 0 Å². The molecule has 0 saturated carbocycles. The number of carbonyl (C=O) groups is 3. The van der Waals surface area contributed by atoms with Crippen molar-refractivity contribution < 1.29 is 24.2 Å². The molecule has 0 spiro atoms. The monoisotopic (exact) mass is 371 g/mol. The van der Waals surface area contributed by atoms with Gasteiger partial charge < -0.3 is 26.6 Å². The number of amides is 2. The zero-order valence-electron chi connectivity index (χ0n) is 14.5. The molecule has 2 aromatic rings. The van der Waals surface area contributed by atoms with Crippen molar-refractivity contribution in [3.05, 3.63) is 71.8 Å². The van der Waals surface area contributed by atoms with Crippen molar-refractivity contribution in [1.29, 1.82) is 0 Å². The lowest BCUT2D eigenvalue weighted by Crippen LogP contribution is -2.47. The summed E-state index contributed by atoms with van der Waals surface area (Å²) in [5.41, 5.74) is 9.15. The number of esters is 1. The predicted octanol–water partition coefficient (Wildman–Crippen LogP) is -0.258. The number of rotatable bonds is 8. The molecule has 27 heavy (non-hydrogen) atoms. The van der Waals surface area contributed by atoms with Gasteiger partial charge in [0.1, 0.15) is 6.04 Å². The molecule has 0 aliphatic heterocycles. The van der Waals surface area contributed by atoms with E-state index in [1.165, 1.54) is 0 Å². The van der Waals surface area contributed by atoms with E-state index in [4.69, 9.17) is 16.2 Å². The van der Waals surface area contributed by atoms with E-state index in [2.05, 4.69) is 5.32 Å². The third-order valence-electron chi connectivity index (χ3n) is 3.88. The van der Waals surface area contributed by atoms with Crippen LogP contribution in [0.3, 0.4) is 0 Å². The Balaban J connectivity index is 2.12. The second kappa shape index (κ2) is 8.93. The van der Waals surface area contributed by atoms with Crippen LogP contribution < -0.4 is 16.8 Å². The van der Waals surface area contributed by atoms with Crippen LogP contribution in [-0.4, -0.2) is 35.7 Å². The van der Waals surface area contributed by atoms with Crippen LogP contribution in [0.4, 0.5) is 0 Å². The first-order valence-electron chi connectivity index (χ1n) is 8.18. The minimum atomic E-state index is -1.98. The molecule has 0 bridgehead atoms. The van der Waals surface area contributed by atoms with Gasteiger partial charge in [0.15, 0.2) is 12.3 Å². The van der Waals surface area contributed by atoms with Crippen molar-refractivity contribution in [2.75, 3.05) is 6.73 Å². The van der Waals surface area contributed by atoms with Crippen molar-refractivity contribution in [2.24, 2.45) is 11.5 Å². The fourth-order valence-corrected chi connectivity index (χ4v) is 2.50. The van der Waals surface area contributed by atoms with E-state index in [9.17, 15) is 19.5 Å². The van der Waals surface area contributed by atoms with Crippen LogP contribution in [0.5, 0.6) is 0 Å². The van der Waals surface area contributed by atoms with Crippen molar-refractivity contribution in [3.63, 3.8) is 0 Å². The van der Waals surface area contributed by atoms with Crippen molar-refractivity contribution >= 4 is 17.8 Å². The van der Waals surface area contributed by atoms with Crippen LogP contribution in [0.25, 0.3) is 0 Å². The quantitative estimate of drug-likeness (QED) is 0.372. The second-order valence-electron chi connectivity index (χ2n) is 5.83. The van der Waals surface area contributed by atoms with Gasteiger partial charge in [0.25, 0.3) is 5.91 Å². The van der Waals surface area contributed by atoms with Crippen LogP contribution in [0.1, 0.15) is 17.5 Å². The molecule has 6 N–H and O–H groups in total. The SMILES string of the molecule is NC(=O)C[C@H](N)C(=O)OCNC(=O)C(O)(c1ccccc1)c1ccccc1. The standard InChI is InChI=1S/C19H21N3O5/c20-15(11-16(21)23)17(24)27-12-22-18(25)19(26,13-7-3-1-4-8-13)14-9-5-2-6-10-14/h1-10,15,26H,11-12,20H2,(H2,21,23)(H,22,25)/t15-/m0/s1. The Bertz CT molecular complexity index is 756. The van der Waals surface area contributed by atoms with Gasteiger partial charge in [0.05, 0.1) is 6.42 Å². The average molecular weight is 371 g/mol. The second-order valence-corrected chi connectivity index (χ2v) is 5.83. The average Bonchev–Trinajstić information content (AvgIpc) is 2.67. The minimum Gasteiger partial charge on any atom is -0.443 e. The first-order valence-corrected chi connectivity index (χ1v) is 8.18. The summed E-state index contributed by atoms with van der Waals surface area (Å²) in [7, 11) is 0. The number of carbonyl (C=O) groups excluding carboxylic acids is 3. The molecule has 2 aromatic carbocycles. The molecule has 0 unspecified atom stereocenters. The normalized spacial score (nSPS) is 12.1. The molecular weight excluding hydrogens is 350 g/mol. The summed E-state index contributed by atoms with van der Waals surface area (Å²) in [4.78, 5) is 35.2. The lowest BCUT2D eigenvalue weighted by molar-refractivity contribution is -0.150. The zero-order valence-corrected chi connectivity index (χ0v) is 14.5. The molecule has 0 fully saturated rings. The highest BCUT2D eigenvalue weighted by atomic mass is 16.5. The lowest BCUT2D eigenvalue weighted by Gasteiger charge is -2.28. The number of hydrogen-bond donors (Lipinski definition) is 4. The van der Waals surface area contributed by atoms with Crippen molar-refractivity contribution in [2.45, 2.75) is 18.1 Å². The first kappa shape index (κ1) is 20.1. The fourth-order valence-electron chi connectivity index (χ4n) is 2.50. The molecule has 0 heterocycles. The number of nitrogens with one attached hydrogen (secondary N) is 1. The van der Waals surface area contributed by atoms with E-state index in [1.807, 2.05) is 0 Å². The van der Waals surface area contributed by atoms with Gasteiger partial charge >= 0.3 is 5.97 Å². The molecule has 2 rings (SSSR count). The third kappa shape index (κ3) is 4.90. The largest absolute Gasteiger partial charge is 0.443 e. The van der Waals surface area contributed by atoms with Crippen molar-refractivity contribution in [3.8, 4) is 0 Å². The summed E-state index contributed by atoms with van der Waals surface area (Å²) in [5, 5.41) is 13.5. The molecule has 142 valence electrons. The van der Waals surface area contributed by atoms with Gasteiger partial charge in [-0.3, -0.25) is 14.4 Å². The number of benzene rings is 2. The Morgan fingerprint density at radius 2 is 1.48 bits per heavy atom. The number of primary amides is 1. The van der Waals surface area contributed by atoms with Gasteiger partial charge in [-0.1, -0.05) is 60.7 Å². The predicted molar refractivity (Wildman–Crippen MR) is 96.8 cm³/mol. The summed E-state index contributed by atoms with van der Waals surface area (Å²) in [5.74, 6) is -2.42. The van der Waals surface area contributed by atoms with Crippen LogP contribution in [0.15, 0.2) is 60.7 Å². The summed E-state index contributed by atoms with van der Waals surface area (Å²) in [6, 6.07) is 15.5. The van der Waals surface area contributed by atoms with Crippen molar-refractivity contribution in [1.82, 2.24) is 5.32 Å². The topological polar surface area (TPSA) is 145 Å². The molecule has 0 aliphatic carbocycles. The number of nitrogens with two attached hydrogens (primary N) is 2. The summed E-state index contributed by atoms with van der Waals surface area (Å²) in [6.07, 6.45) is -0.370. The molecule has 0 aromatic heterocycles. The Kier molecular flexibility index (Phi) is 6.64. The number of ether oxygens (including phenoxy) is 1. The molecule has 0 aliphatic rings. The van der Waals surface area contributed by atoms with Gasteiger partial charge in [-0.25, -0.2) is 0 Å². The van der Waals surface area contributed by atoms with Gasteiger partial charge in [0, 0.05) is 0 Å². The van der Waals surface area contributed by atoms with E-state index in [-0.39, 0.29) is 6.42 Å².